The summed E-state index contributed by atoms with van der Waals surface area (Å²) in [5, 5.41) is 0. The summed E-state index contributed by atoms with van der Waals surface area (Å²) in [5.41, 5.74) is 0. The van der Waals surface area contributed by atoms with E-state index in [-0.39, 0.29) is 0 Å². The summed E-state index contributed by atoms with van der Waals surface area (Å²) in [5.74, 6) is 0. The van der Waals surface area contributed by atoms with E-state index in [0.29, 0.717) is 6.61 Å². The molecule has 0 spiro atoms. The third-order valence-corrected chi connectivity index (χ3v) is 2.26. The molecule has 0 N–H and O–H groups in total. The molecule has 0 aromatic rings. The van der Waals surface area contributed by atoms with Gasteiger partial charge in [-0.1, -0.05) is 26.7 Å². The van der Waals surface area contributed by atoms with Crippen LogP contribution >= 0.6 is 0 Å². The highest BCUT2D eigenvalue weighted by Gasteiger charge is 2.03. The Kier molecular flexibility index (Phi) is 10.9. The molecule has 3 nitrogen and oxygen atoms in total. The first kappa shape index (κ1) is 13.9. The fourth-order valence-corrected chi connectivity index (χ4v) is 1.35. The second-order valence-electron chi connectivity index (χ2n) is 3.54. The highest BCUT2D eigenvalue weighted by Crippen LogP contribution is 1.98. The van der Waals surface area contributed by atoms with E-state index in [1.54, 1.807) is 7.11 Å². The van der Waals surface area contributed by atoms with E-state index in [1.807, 2.05) is 0 Å². The summed E-state index contributed by atoms with van der Waals surface area (Å²) in [6.45, 7) is 8.47. The van der Waals surface area contributed by atoms with Crippen LogP contribution in [-0.4, -0.2) is 38.3 Å². The molecule has 0 rings (SSSR count). The lowest BCUT2D eigenvalue weighted by Crippen LogP contribution is -2.29. The molecule has 0 saturated carbocycles. The van der Waals surface area contributed by atoms with Gasteiger partial charge in [0.25, 0.3) is 0 Å². The summed E-state index contributed by atoms with van der Waals surface area (Å²) in [4.78, 5) is 11.9. The van der Waals surface area contributed by atoms with Gasteiger partial charge in [-0.05, 0) is 25.9 Å². The topological polar surface area (TPSA) is 21.7 Å². The average Bonchev–Trinajstić information content (AvgIpc) is 2.21. The SMILES string of the molecule is CCCCN(CCCC)CCOOC. The zero-order valence-corrected chi connectivity index (χ0v) is 9.92. The lowest BCUT2D eigenvalue weighted by Gasteiger charge is -2.21. The Bertz CT molecular complexity index is 101. The number of hydrogen-bond donors (Lipinski definition) is 0. The minimum Gasteiger partial charge on any atom is -0.301 e. The van der Waals surface area contributed by atoms with Gasteiger partial charge < -0.3 is 4.90 Å². The van der Waals surface area contributed by atoms with Gasteiger partial charge in [-0.25, -0.2) is 9.78 Å². The largest absolute Gasteiger partial charge is 0.301 e. The Balaban J connectivity index is 3.49. The first-order valence-electron chi connectivity index (χ1n) is 5.73. The molecule has 0 radical (unpaired) electrons. The van der Waals surface area contributed by atoms with Crippen molar-refractivity contribution >= 4 is 0 Å². The lowest BCUT2D eigenvalue weighted by atomic mass is 10.2. The molecule has 0 aliphatic heterocycles. The third kappa shape index (κ3) is 8.48. The van der Waals surface area contributed by atoms with Crippen LogP contribution in [0.25, 0.3) is 0 Å². The molecule has 0 fully saturated rings. The van der Waals surface area contributed by atoms with Crippen LogP contribution in [0.4, 0.5) is 0 Å². The first-order valence-corrected chi connectivity index (χ1v) is 5.73. The summed E-state index contributed by atoms with van der Waals surface area (Å²) in [7, 11) is 1.56. The molecule has 0 unspecified atom stereocenters. The number of unbranched alkanes of at least 4 members (excludes halogenated alkanes) is 2. The van der Waals surface area contributed by atoms with Gasteiger partial charge in [0.15, 0.2) is 0 Å². The van der Waals surface area contributed by atoms with Crippen molar-refractivity contribution in [1.29, 1.82) is 0 Å². The summed E-state index contributed by atoms with van der Waals surface area (Å²) >= 11 is 0. The fraction of sp³-hybridized carbons (Fsp3) is 1.00. The van der Waals surface area contributed by atoms with E-state index in [1.165, 1.54) is 38.8 Å². The van der Waals surface area contributed by atoms with Crippen LogP contribution in [0.15, 0.2) is 0 Å². The van der Waals surface area contributed by atoms with E-state index in [2.05, 4.69) is 23.6 Å². The van der Waals surface area contributed by atoms with Crippen molar-refractivity contribution in [2.45, 2.75) is 39.5 Å². The molecule has 3 heteroatoms. The summed E-state index contributed by atoms with van der Waals surface area (Å²) in [6, 6.07) is 0. The smallest absolute Gasteiger partial charge is 0.0949 e. The Morgan fingerprint density at radius 2 is 1.50 bits per heavy atom. The maximum Gasteiger partial charge on any atom is 0.0949 e. The van der Waals surface area contributed by atoms with E-state index in [9.17, 15) is 0 Å². The minimum absolute atomic E-state index is 0.671. The van der Waals surface area contributed by atoms with Crippen molar-refractivity contribution in [2.75, 3.05) is 33.4 Å². The fourth-order valence-electron chi connectivity index (χ4n) is 1.35. The van der Waals surface area contributed by atoms with Crippen molar-refractivity contribution in [3.63, 3.8) is 0 Å². The van der Waals surface area contributed by atoms with Crippen LogP contribution in [0.1, 0.15) is 39.5 Å². The maximum atomic E-state index is 4.88. The molecule has 0 aromatic carbocycles. The van der Waals surface area contributed by atoms with Gasteiger partial charge in [-0.3, -0.25) is 0 Å². The van der Waals surface area contributed by atoms with Crippen molar-refractivity contribution in [3.8, 4) is 0 Å². The summed E-state index contributed by atoms with van der Waals surface area (Å²) < 4.78 is 0. The van der Waals surface area contributed by atoms with Crippen molar-refractivity contribution in [3.05, 3.63) is 0 Å². The molecule has 0 aromatic heterocycles. The van der Waals surface area contributed by atoms with Gasteiger partial charge in [0.05, 0.1) is 13.7 Å². The molecule has 86 valence electrons. The van der Waals surface area contributed by atoms with Gasteiger partial charge in [0.1, 0.15) is 0 Å². The van der Waals surface area contributed by atoms with Crippen LogP contribution in [0, 0.1) is 0 Å². The number of rotatable bonds is 10. The second kappa shape index (κ2) is 11.0. The predicted molar refractivity (Wildman–Crippen MR) is 59.2 cm³/mol. The Morgan fingerprint density at radius 3 is 1.93 bits per heavy atom. The molecule has 0 heterocycles. The highest BCUT2D eigenvalue weighted by atomic mass is 17.2. The number of nitrogens with zero attached hydrogens (tertiary/aromatic N) is 1. The first-order chi connectivity index (χ1) is 6.85. The maximum absolute atomic E-state index is 4.88. The molecule has 0 atom stereocenters. The van der Waals surface area contributed by atoms with Crippen molar-refractivity contribution in [2.24, 2.45) is 0 Å². The Labute approximate surface area is 88.3 Å². The van der Waals surface area contributed by atoms with Gasteiger partial charge in [-0.15, -0.1) is 0 Å². The standard InChI is InChI=1S/C11H25NO2/c1-4-6-8-12(9-7-5-2)10-11-14-13-3/h4-11H2,1-3H3. The molecule has 0 bridgehead atoms. The van der Waals surface area contributed by atoms with E-state index in [0.717, 1.165) is 6.54 Å². The average molecular weight is 203 g/mol. The molecule has 0 saturated heterocycles. The molecule has 0 aliphatic carbocycles. The normalized spacial score (nSPS) is 11.1. The van der Waals surface area contributed by atoms with Crippen LogP contribution < -0.4 is 0 Å². The van der Waals surface area contributed by atoms with Crippen molar-refractivity contribution in [1.82, 2.24) is 4.90 Å². The lowest BCUT2D eigenvalue weighted by molar-refractivity contribution is -0.273. The molecule has 0 aliphatic rings. The highest BCUT2D eigenvalue weighted by molar-refractivity contribution is 4.56. The number of hydrogen-bond acceptors (Lipinski definition) is 3. The molecular weight excluding hydrogens is 178 g/mol. The van der Waals surface area contributed by atoms with Gasteiger partial charge in [-0.2, -0.15) is 0 Å². The molecule has 0 amide bonds. The van der Waals surface area contributed by atoms with Gasteiger partial charge in [0, 0.05) is 6.54 Å². The zero-order chi connectivity index (χ0) is 10.6. The van der Waals surface area contributed by atoms with Crippen LogP contribution in [0.2, 0.25) is 0 Å². The van der Waals surface area contributed by atoms with E-state index < -0.39 is 0 Å². The second-order valence-corrected chi connectivity index (χ2v) is 3.54. The van der Waals surface area contributed by atoms with E-state index >= 15 is 0 Å². The zero-order valence-electron chi connectivity index (χ0n) is 9.92. The Morgan fingerprint density at radius 1 is 0.929 bits per heavy atom. The van der Waals surface area contributed by atoms with Crippen LogP contribution in [-0.2, 0) is 9.78 Å². The predicted octanol–water partition coefficient (Wildman–Crippen LogP) is 2.47. The van der Waals surface area contributed by atoms with Crippen LogP contribution in [0.5, 0.6) is 0 Å². The molecule has 14 heavy (non-hydrogen) atoms. The third-order valence-electron chi connectivity index (χ3n) is 2.26. The van der Waals surface area contributed by atoms with Crippen molar-refractivity contribution < 1.29 is 9.78 Å². The Hall–Kier alpha value is -0.120. The van der Waals surface area contributed by atoms with Crippen LogP contribution in [0.3, 0.4) is 0 Å². The summed E-state index contributed by atoms with van der Waals surface area (Å²) in [6.07, 6.45) is 5.06. The van der Waals surface area contributed by atoms with Gasteiger partial charge in [0.2, 0.25) is 0 Å². The van der Waals surface area contributed by atoms with Gasteiger partial charge >= 0.3 is 0 Å². The quantitative estimate of drug-likeness (QED) is 0.309. The monoisotopic (exact) mass is 203 g/mol. The molecular formula is C11H25NO2. The minimum atomic E-state index is 0.671. The van der Waals surface area contributed by atoms with E-state index in [4.69, 9.17) is 4.89 Å².